The molecular weight excluding hydrogens is 548 g/mol. The fourth-order valence-corrected chi connectivity index (χ4v) is 3.97. The van der Waals surface area contributed by atoms with Gasteiger partial charge in [0.1, 0.15) is 25.4 Å². The molecule has 1 fully saturated rings. The number of amides is 2. The molecule has 0 spiro atoms. The summed E-state index contributed by atoms with van der Waals surface area (Å²) in [6.45, 7) is 5.17. The molecule has 2 amide bonds. The second-order valence-electron chi connectivity index (χ2n) is 9.08. The van der Waals surface area contributed by atoms with Gasteiger partial charge in [-0.05, 0) is 12.5 Å². The Labute approximate surface area is 235 Å². The number of ether oxygens (including phenoxy) is 6. The fourth-order valence-electron chi connectivity index (χ4n) is 3.97. The van der Waals surface area contributed by atoms with Crippen LogP contribution in [0.4, 0.5) is 4.79 Å². The van der Waals surface area contributed by atoms with Crippen molar-refractivity contribution in [3.63, 3.8) is 0 Å². The molecule has 0 bridgehead atoms. The number of carboxylic acid groups (broad SMARTS) is 1. The van der Waals surface area contributed by atoms with Gasteiger partial charge < -0.3 is 44.2 Å². The van der Waals surface area contributed by atoms with Gasteiger partial charge in [-0.1, -0.05) is 30.3 Å². The Bertz CT molecular complexity index is 1100. The minimum Gasteiger partial charge on any atom is -0.480 e. The molecule has 41 heavy (non-hydrogen) atoms. The van der Waals surface area contributed by atoms with Crippen LogP contribution in [0.25, 0.3) is 0 Å². The van der Waals surface area contributed by atoms with E-state index in [1.165, 1.54) is 6.92 Å². The van der Waals surface area contributed by atoms with E-state index >= 15 is 0 Å². The zero-order valence-corrected chi connectivity index (χ0v) is 23.2. The van der Waals surface area contributed by atoms with Gasteiger partial charge in [0.15, 0.2) is 24.5 Å². The van der Waals surface area contributed by atoms with Gasteiger partial charge >= 0.3 is 30.0 Å². The van der Waals surface area contributed by atoms with Gasteiger partial charge in [0.25, 0.3) is 0 Å². The SMILES string of the molecule is CC(=O)N[C@H]1[C@@H](O[C@@H](C)[C@H](NC(=O)OCc2ccccc2)C(=O)O)O[C@H](COC(C)=O)[C@H](OC(C)=O)[C@@H]1OC(C)=O. The molecule has 1 aromatic rings. The number of hydrogen-bond donors (Lipinski definition) is 3. The third-order valence-corrected chi connectivity index (χ3v) is 5.64. The van der Waals surface area contributed by atoms with E-state index in [-0.39, 0.29) is 6.61 Å². The molecule has 0 radical (unpaired) electrons. The van der Waals surface area contributed by atoms with Crippen molar-refractivity contribution in [2.75, 3.05) is 6.61 Å². The number of carbonyl (C=O) groups excluding carboxylic acids is 5. The van der Waals surface area contributed by atoms with Gasteiger partial charge in [0.2, 0.25) is 5.91 Å². The normalized spacial score (nSPS) is 23.2. The third kappa shape index (κ3) is 10.7. The number of benzene rings is 1. The lowest BCUT2D eigenvalue weighted by molar-refractivity contribution is -0.287. The number of carboxylic acids is 1. The predicted molar refractivity (Wildman–Crippen MR) is 136 cm³/mol. The predicted octanol–water partition coefficient (Wildman–Crippen LogP) is 0.427. The Morgan fingerprint density at radius 2 is 1.51 bits per heavy atom. The molecule has 1 aliphatic heterocycles. The number of aliphatic carboxylic acids is 1. The Morgan fingerprint density at radius 1 is 0.902 bits per heavy atom. The average molecular weight is 583 g/mol. The van der Waals surface area contributed by atoms with Crippen LogP contribution in [0.15, 0.2) is 30.3 Å². The van der Waals surface area contributed by atoms with Gasteiger partial charge in [0, 0.05) is 27.7 Å². The zero-order valence-electron chi connectivity index (χ0n) is 23.2. The second kappa shape index (κ2) is 15.5. The van der Waals surface area contributed by atoms with Crippen molar-refractivity contribution in [2.45, 2.75) is 84.0 Å². The first-order valence-electron chi connectivity index (χ1n) is 12.5. The van der Waals surface area contributed by atoms with Crippen LogP contribution in [0.1, 0.15) is 40.2 Å². The molecule has 0 aliphatic carbocycles. The summed E-state index contributed by atoms with van der Waals surface area (Å²) in [4.78, 5) is 71.8. The van der Waals surface area contributed by atoms with Crippen LogP contribution >= 0.6 is 0 Å². The maximum Gasteiger partial charge on any atom is 0.408 e. The highest BCUT2D eigenvalue weighted by Crippen LogP contribution is 2.29. The molecule has 226 valence electrons. The van der Waals surface area contributed by atoms with E-state index in [1.54, 1.807) is 30.3 Å². The summed E-state index contributed by atoms with van der Waals surface area (Å²) in [7, 11) is 0. The summed E-state index contributed by atoms with van der Waals surface area (Å²) in [5.74, 6) is -4.39. The molecule has 1 aromatic carbocycles. The highest BCUT2D eigenvalue weighted by atomic mass is 16.7. The van der Waals surface area contributed by atoms with Crippen molar-refractivity contribution in [1.82, 2.24) is 10.6 Å². The summed E-state index contributed by atoms with van der Waals surface area (Å²) >= 11 is 0. The second-order valence-corrected chi connectivity index (χ2v) is 9.08. The molecule has 15 heteroatoms. The van der Waals surface area contributed by atoms with Crippen LogP contribution in [0, 0.1) is 0 Å². The van der Waals surface area contributed by atoms with Crippen molar-refractivity contribution in [3.05, 3.63) is 35.9 Å². The average Bonchev–Trinajstić information content (AvgIpc) is 2.87. The van der Waals surface area contributed by atoms with E-state index < -0.39 is 85.3 Å². The minimum atomic E-state index is -1.66. The Hall–Kier alpha value is -4.24. The Kier molecular flexibility index (Phi) is 12.5. The summed E-state index contributed by atoms with van der Waals surface area (Å²) < 4.78 is 32.5. The molecule has 1 saturated heterocycles. The number of rotatable bonds is 12. The van der Waals surface area contributed by atoms with E-state index in [1.807, 2.05) is 0 Å². The van der Waals surface area contributed by atoms with Crippen molar-refractivity contribution in [2.24, 2.45) is 0 Å². The van der Waals surface area contributed by atoms with Gasteiger partial charge in [-0.2, -0.15) is 0 Å². The lowest BCUT2D eigenvalue weighted by atomic mass is 9.95. The first kappa shape index (κ1) is 33.0. The lowest BCUT2D eigenvalue weighted by Gasteiger charge is -2.45. The van der Waals surface area contributed by atoms with Gasteiger partial charge in [-0.25, -0.2) is 9.59 Å². The van der Waals surface area contributed by atoms with Crippen LogP contribution in [-0.2, 0) is 59.0 Å². The number of carbonyl (C=O) groups is 6. The molecule has 0 aromatic heterocycles. The lowest BCUT2D eigenvalue weighted by Crippen LogP contribution is -2.67. The van der Waals surface area contributed by atoms with Crippen molar-refractivity contribution in [1.29, 1.82) is 0 Å². The molecule has 3 N–H and O–H groups in total. The molecule has 15 nitrogen and oxygen atoms in total. The molecule has 1 heterocycles. The fraction of sp³-hybridized carbons (Fsp3) is 0.538. The molecule has 1 aliphatic rings. The van der Waals surface area contributed by atoms with E-state index in [0.717, 1.165) is 27.7 Å². The maximum absolute atomic E-state index is 12.4. The largest absolute Gasteiger partial charge is 0.480 e. The molecule has 7 atom stereocenters. The van der Waals surface area contributed by atoms with Gasteiger partial charge in [-0.15, -0.1) is 0 Å². The topological polar surface area (TPSA) is 202 Å². The molecular formula is C26H34N2O13. The summed E-state index contributed by atoms with van der Waals surface area (Å²) in [5, 5.41) is 14.5. The van der Waals surface area contributed by atoms with Crippen molar-refractivity contribution >= 4 is 35.9 Å². The van der Waals surface area contributed by atoms with E-state index in [2.05, 4.69) is 10.6 Å². The minimum absolute atomic E-state index is 0.121. The van der Waals surface area contributed by atoms with Crippen LogP contribution in [0.5, 0.6) is 0 Å². The van der Waals surface area contributed by atoms with Crippen LogP contribution in [0.2, 0.25) is 0 Å². The number of nitrogens with one attached hydrogen (secondary N) is 2. The highest BCUT2D eigenvalue weighted by molar-refractivity contribution is 5.80. The monoisotopic (exact) mass is 582 g/mol. The first-order chi connectivity index (χ1) is 19.3. The molecule has 0 saturated carbocycles. The summed E-state index contributed by atoms with van der Waals surface area (Å²) in [5.41, 5.74) is 0.672. The maximum atomic E-state index is 12.4. The Balaban J connectivity index is 2.31. The van der Waals surface area contributed by atoms with E-state index in [9.17, 15) is 33.9 Å². The number of hydrogen-bond acceptors (Lipinski definition) is 12. The number of esters is 3. The summed E-state index contributed by atoms with van der Waals surface area (Å²) in [6.07, 6.45) is -7.92. The first-order valence-corrected chi connectivity index (χ1v) is 12.5. The van der Waals surface area contributed by atoms with Crippen LogP contribution < -0.4 is 10.6 Å². The standard InChI is InChI=1S/C26H34N2O13/c1-13(20(24(33)34)28-26(35)37-11-18-9-7-6-8-10-18)38-25-21(27-14(2)29)23(40-17(5)32)22(39-16(4)31)19(41-25)12-36-15(3)30/h6-10,13,19-23,25H,11-12H2,1-5H3,(H,27,29)(H,28,35)(H,33,34)/t13-,19+,20-,21+,22-,23+,25-/m0/s1. The zero-order chi connectivity index (χ0) is 30.7. The van der Waals surface area contributed by atoms with Crippen molar-refractivity contribution < 1.29 is 62.3 Å². The third-order valence-electron chi connectivity index (χ3n) is 5.64. The van der Waals surface area contributed by atoms with Crippen LogP contribution in [-0.4, -0.2) is 90.4 Å². The molecule has 2 rings (SSSR count). The molecule has 0 unspecified atom stereocenters. The quantitative estimate of drug-likeness (QED) is 0.226. The van der Waals surface area contributed by atoms with E-state index in [0.29, 0.717) is 5.56 Å². The number of alkyl carbamates (subject to hydrolysis) is 1. The van der Waals surface area contributed by atoms with Gasteiger partial charge in [-0.3, -0.25) is 19.2 Å². The highest BCUT2D eigenvalue weighted by Gasteiger charge is 2.52. The smallest absolute Gasteiger partial charge is 0.408 e. The van der Waals surface area contributed by atoms with Crippen LogP contribution in [0.3, 0.4) is 0 Å². The summed E-state index contributed by atoms with van der Waals surface area (Å²) in [6, 6.07) is 5.71. The van der Waals surface area contributed by atoms with Crippen molar-refractivity contribution in [3.8, 4) is 0 Å². The van der Waals surface area contributed by atoms with Gasteiger partial charge in [0.05, 0.1) is 6.10 Å². The Morgan fingerprint density at radius 3 is 2.05 bits per heavy atom. The van der Waals surface area contributed by atoms with E-state index in [4.69, 9.17) is 28.4 Å².